The molecule has 2 aromatic heterocycles. The van der Waals surface area contributed by atoms with Gasteiger partial charge in [0.25, 0.3) is 5.95 Å². The van der Waals surface area contributed by atoms with Crippen LogP contribution >= 0.6 is 0 Å². The van der Waals surface area contributed by atoms with Gasteiger partial charge in [0.05, 0.1) is 13.3 Å². The number of aryl methyl sites for hydroxylation is 1. The molecule has 2 N–H and O–H groups in total. The Morgan fingerprint density at radius 3 is 2.68 bits per heavy atom. The second kappa shape index (κ2) is 8.99. The summed E-state index contributed by atoms with van der Waals surface area (Å²) >= 11 is 0. The number of hydrogen-bond donors (Lipinski definition) is 2. The number of fused-ring (bicyclic) bond motifs is 3. The van der Waals surface area contributed by atoms with Gasteiger partial charge >= 0.3 is 0 Å². The number of aromatic nitrogens is 4. The Morgan fingerprint density at radius 2 is 1.94 bits per heavy atom. The predicted molar refractivity (Wildman–Crippen MR) is 126 cm³/mol. The molecule has 0 spiro atoms. The van der Waals surface area contributed by atoms with Crippen molar-refractivity contribution in [3.05, 3.63) is 47.5 Å². The van der Waals surface area contributed by atoms with E-state index in [2.05, 4.69) is 80.6 Å². The molecule has 0 aliphatic carbocycles. The molecule has 31 heavy (non-hydrogen) atoms. The highest BCUT2D eigenvalue weighted by Gasteiger charge is 2.10. The topological polar surface area (TPSA) is 91.3 Å². The summed E-state index contributed by atoms with van der Waals surface area (Å²) in [6.07, 6.45) is 2.66. The van der Waals surface area contributed by atoms with Gasteiger partial charge in [0.15, 0.2) is 5.65 Å². The lowest BCUT2D eigenvalue weighted by atomic mass is 10.1. The number of nitrogens with one attached hydrogen (secondary N) is 2. The average molecular weight is 418 g/mol. The van der Waals surface area contributed by atoms with Gasteiger partial charge in [-0.1, -0.05) is 13.0 Å². The van der Waals surface area contributed by atoms with Crippen LogP contribution in [0, 0.1) is 0 Å². The van der Waals surface area contributed by atoms with Crippen LogP contribution in [-0.2, 0) is 6.42 Å². The van der Waals surface area contributed by atoms with Gasteiger partial charge in [-0.2, -0.15) is 10.1 Å². The van der Waals surface area contributed by atoms with Gasteiger partial charge in [-0.05, 0) is 50.1 Å². The molecular formula is C23H27N7O. The molecule has 0 amide bonds. The molecule has 8 heteroatoms. The van der Waals surface area contributed by atoms with E-state index >= 15 is 0 Å². The molecule has 0 aliphatic heterocycles. The lowest BCUT2D eigenvalue weighted by molar-refractivity contribution is 0.414. The number of ether oxygens (including phenoxy) is 1. The summed E-state index contributed by atoms with van der Waals surface area (Å²) < 4.78 is 5.54. The van der Waals surface area contributed by atoms with Crippen LogP contribution in [0.4, 0.5) is 11.6 Å². The number of benzene rings is 2. The Morgan fingerprint density at radius 1 is 1.10 bits per heavy atom. The van der Waals surface area contributed by atoms with Crippen LogP contribution in [0.25, 0.3) is 22.1 Å². The Labute approximate surface area is 181 Å². The summed E-state index contributed by atoms with van der Waals surface area (Å²) in [6, 6.07) is 12.4. The van der Waals surface area contributed by atoms with Crippen molar-refractivity contribution in [1.29, 1.82) is 0 Å². The van der Waals surface area contributed by atoms with Crippen molar-refractivity contribution in [3.63, 3.8) is 0 Å². The van der Waals surface area contributed by atoms with Crippen LogP contribution in [0.5, 0.6) is 5.75 Å². The Kier molecular flexibility index (Phi) is 5.97. The molecule has 0 saturated carbocycles. The fraction of sp³-hybridized carbons (Fsp3) is 0.304. The van der Waals surface area contributed by atoms with E-state index in [0.717, 1.165) is 52.9 Å². The highest BCUT2D eigenvalue weighted by atomic mass is 16.5. The van der Waals surface area contributed by atoms with Crippen LogP contribution in [0.15, 0.2) is 41.5 Å². The largest absolute Gasteiger partial charge is 0.496 e. The van der Waals surface area contributed by atoms with Crippen LogP contribution in [0.1, 0.15) is 31.9 Å². The average Bonchev–Trinajstić information content (AvgIpc) is 3.17. The van der Waals surface area contributed by atoms with E-state index in [1.54, 1.807) is 13.3 Å². The van der Waals surface area contributed by atoms with Gasteiger partial charge in [-0.3, -0.25) is 0 Å². The summed E-state index contributed by atoms with van der Waals surface area (Å²) in [4.78, 5) is 10.1. The summed E-state index contributed by atoms with van der Waals surface area (Å²) in [5, 5.41) is 13.8. The van der Waals surface area contributed by atoms with Crippen LogP contribution in [0.2, 0.25) is 0 Å². The van der Waals surface area contributed by atoms with Crippen molar-refractivity contribution >= 4 is 39.9 Å². The predicted octanol–water partition coefficient (Wildman–Crippen LogP) is 4.37. The summed E-state index contributed by atoms with van der Waals surface area (Å²) in [7, 11) is 1.66. The first-order chi connectivity index (χ1) is 15.2. The molecule has 0 aliphatic rings. The summed E-state index contributed by atoms with van der Waals surface area (Å²) in [5.41, 5.74) is 8.52. The van der Waals surface area contributed by atoms with E-state index in [9.17, 15) is 0 Å². The highest BCUT2D eigenvalue weighted by Crippen LogP contribution is 2.25. The number of hydrazone groups is 1. The lowest BCUT2D eigenvalue weighted by Gasteiger charge is -2.21. The first kappa shape index (κ1) is 20.6. The van der Waals surface area contributed by atoms with Crippen molar-refractivity contribution < 1.29 is 4.74 Å². The molecule has 0 saturated heterocycles. The van der Waals surface area contributed by atoms with Crippen molar-refractivity contribution in [2.45, 2.75) is 27.2 Å². The fourth-order valence-corrected chi connectivity index (χ4v) is 3.64. The monoisotopic (exact) mass is 417 g/mol. The van der Waals surface area contributed by atoms with Gasteiger partial charge in [-0.15, -0.1) is 10.2 Å². The maximum atomic E-state index is 5.54. The number of rotatable bonds is 8. The lowest BCUT2D eigenvalue weighted by Crippen LogP contribution is -2.21. The first-order valence-electron chi connectivity index (χ1n) is 10.5. The molecule has 4 aromatic rings. The summed E-state index contributed by atoms with van der Waals surface area (Å²) in [6.45, 7) is 8.28. The Bertz CT molecular complexity index is 1230. The molecule has 8 nitrogen and oxygen atoms in total. The molecular weight excluding hydrogens is 390 g/mol. The van der Waals surface area contributed by atoms with E-state index in [1.807, 2.05) is 12.1 Å². The molecule has 0 fully saturated rings. The Hall–Kier alpha value is -3.68. The van der Waals surface area contributed by atoms with Crippen molar-refractivity contribution in [2.24, 2.45) is 5.10 Å². The van der Waals surface area contributed by atoms with Crippen LogP contribution < -0.4 is 15.1 Å². The minimum absolute atomic E-state index is 0.324. The van der Waals surface area contributed by atoms with Crippen LogP contribution in [-0.4, -0.2) is 46.6 Å². The smallest absolute Gasteiger partial charge is 0.265 e. The van der Waals surface area contributed by atoms with Gasteiger partial charge in [0, 0.05) is 41.3 Å². The number of H-pyrrole nitrogens is 1. The van der Waals surface area contributed by atoms with Gasteiger partial charge in [0.2, 0.25) is 0 Å². The van der Waals surface area contributed by atoms with Crippen molar-refractivity contribution in [1.82, 2.24) is 20.2 Å². The number of aromatic amines is 1. The number of hydrogen-bond acceptors (Lipinski definition) is 7. The summed E-state index contributed by atoms with van der Waals surface area (Å²) in [5.74, 6) is 1.08. The zero-order valence-corrected chi connectivity index (χ0v) is 18.3. The zero-order valence-electron chi connectivity index (χ0n) is 18.3. The molecule has 0 atom stereocenters. The standard InChI is InChI=1S/C23H27N7O/c1-5-15-8-11-19-18(12-15)21-22(25-19)26-23(29-27-21)28-24-14-16-9-10-17(13-20(16)31-4)30(6-2)7-3/h8-14H,5-7H2,1-4H3,(H2,25,26,28,29)/b24-14-. The maximum Gasteiger partial charge on any atom is 0.265 e. The van der Waals surface area contributed by atoms with Gasteiger partial charge in [0.1, 0.15) is 11.3 Å². The van der Waals surface area contributed by atoms with Gasteiger partial charge in [-0.25, -0.2) is 5.43 Å². The maximum absolute atomic E-state index is 5.54. The third-order valence-corrected chi connectivity index (χ3v) is 5.40. The molecule has 2 aromatic carbocycles. The second-order valence-corrected chi connectivity index (χ2v) is 7.16. The van der Waals surface area contributed by atoms with E-state index in [0.29, 0.717) is 11.6 Å². The third-order valence-electron chi connectivity index (χ3n) is 5.40. The van der Waals surface area contributed by atoms with Crippen molar-refractivity contribution in [3.8, 4) is 5.75 Å². The second-order valence-electron chi connectivity index (χ2n) is 7.16. The highest BCUT2D eigenvalue weighted by molar-refractivity contribution is 6.03. The van der Waals surface area contributed by atoms with E-state index in [1.165, 1.54) is 5.56 Å². The normalized spacial score (nSPS) is 11.5. The fourth-order valence-electron chi connectivity index (χ4n) is 3.64. The minimum atomic E-state index is 0.324. The molecule has 4 rings (SSSR count). The van der Waals surface area contributed by atoms with E-state index < -0.39 is 0 Å². The quantitative estimate of drug-likeness (QED) is 0.327. The zero-order chi connectivity index (χ0) is 21.8. The number of nitrogens with zero attached hydrogens (tertiary/aromatic N) is 5. The van der Waals surface area contributed by atoms with E-state index in [4.69, 9.17) is 4.74 Å². The molecule has 0 unspecified atom stereocenters. The number of methoxy groups -OCH3 is 1. The minimum Gasteiger partial charge on any atom is -0.496 e. The third kappa shape index (κ3) is 4.14. The van der Waals surface area contributed by atoms with E-state index in [-0.39, 0.29) is 0 Å². The molecule has 2 heterocycles. The van der Waals surface area contributed by atoms with Crippen LogP contribution in [0.3, 0.4) is 0 Å². The molecule has 160 valence electrons. The Balaban J connectivity index is 1.55. The first-order valence-corrected chi connectivity index (χ1v) is 10.5. The van der Waals surface area contributed by atoms with Gasteiger partial charge < -0.3 is 14.6 Å². The number of anilines is 2. The SMILES string of the molecule is CCc1ccc2[nH]c3nc(N/N=C\c4ccc(N(CC)CC)cc4OC)nnc3c2c1. The molecule has 0 radical (unpaired) electrons. The molecule has 0 bridgehead atoms. The van der Waals surface area contributed by atoms with Crippen molar-refractivity contribution in [2.75, 3.05) is 30.5 Å².